The van der Waals surface area contributed by atoms with Crippen molar-refractivity contribution in [2.45, 2.75) is 25.9 Å². The highest BCUT2D eigenvalue weighted by Gasteiger charge is 2.14. The number of hydrogen-bond acceptors (Lipinski definition) is 4. The number of esters is 1. The summed E-state index contributed by atoms with van der Waals surface area (Å²) in [5.41, 5.74) is 6.48. The van der Waals surface area contributed by atoms with Gasteiger partial charge in [0.15, 0.2) is 6.10 Å². The van der Waals surface area contributed by atoms with Crippen LogP contribution in [0.1, 0.15) is 24.5 Å². The Morgan fingerprint density at radius 3 is 2.50 bits per heavy atom. The van der Waals surface area contributed by atoms with Gasteiger partial charge in [-0.25, -0.2) is 0 Å². The van der Waals surface area contributed by atoms with E-state index in [0.29, 0.717) is 12.0 Å². The molecule has 1 rings (SSSR count). The van der Waals surface area contributed by atoms with E-state index in [1.165, 1.54) is 6.92 Å². The molecule has 5 nitrogen and oxygen atoms in total. The summed E-state index contributed by atoms with van der Waals surface area (Å²) in [6.07, 6.45) is -0.238. The zero-order valence-corrected chi connectivity index (χ0v) is 10.1. The SMILES string of the molecule is C[C@@H](OC(=O)CCc1ccc(C#N)cc1)C(N)=O. The normalized spacial score (nSPS) is 11.3. The van der Waals surface area contributed by atoms with Gasteiger partial charge in [-0.05, 0) is 31.0 Å². The zero-order chi connectivity index (χ0) is 13.5. The van der Waals surface area contributed by atoms with Gasteiger partial charge >= 0.3 is 5.97 Å². The maximum atomic E-state index is 11.4. The Labute approximate surface area is 105 Å². The van der Waals surface area contributed by atoms with Crippen LogP contribution in [0.4, 0.5) is 0 Å². The van der Waals surface area contributed by atoms with Crippen LogP contribution in [0.15, 0.2) is 24.3 Å². The van der Waals surface area contributed by atoms with Crippen LogP contribution >= 0.6 is 0 Å². The second-order valence-corrected chi connectivity index (χ2v) is 3.84. The second kappa shape index (κ2) is 6.40. The molecule has 0 aromatic heterocycles. The van der Waals surface area contributed by atoms with Crippen LogP contribution in [-0.4, -0.2) is 18.0 Å². The van der Waals surface area contributed by atoms with E-state index in [4.69, 9.17) is 15.7 Å². The highest BCUT2D eigenvalue weighted by Crippen LogP contribution is 2.07. The number of amides is 1. The van der Waals surface area contributed by atoms with Gasteiger partial charge < -0.3 is 10.5 Å². The molecule has 0 saturated carbocycles. The van der Waals surface area contributed by atoms with E-state index < -0.39 is 18.0 Å². The number of carbonyl (C=O) groups excluding carboxylic acids is 2. The van der Waals surface area contributed by atoms with Crippen molar-refractivity contribution in [1.29, 1.82) is 5.26 Å². The fraction of sp³-hybridized carbons (Fsp3) is 0.308. The lowest BCUT2D eigenvalue weighted by Gasteiger charge is -2.09. The monoisotopic (exact) mass is 246 g/mol. The van der Waals surface area contributed by atoms with Crippen molar-refractivity contribution in [3.8, 4) is 6.07 Å². The Balaban J connectivity index is 2.43. The van der Waals surface area contributed by atoms with Crippen LogP contribution in [-0.2, 0) is 20.7 Å². The zero-order valence-electron chi connectivity index (χ0n) is 10.1. The van der Waals surface area contributed by atoms with Crippen LogP contribution in [0, 0.1) is 11.3 Å². The minimum atomic E-state index is -0.904. The molecule has 0 fully saturated rings. The Kier molecular flexibility index (Phi) is 4.88. The summed E-state index contributed by atoms with van der Waals surface area (Å²) in [5, 5.41) is 8.63. The van der Waals surface area contributed by atoms with Crippen LogP contribution in [0.2, 0.25) is 0 Å². The Hall–Kier alpha value is -2.35. The number of benzene rings is 1. The van der Waals surface area contributed by atoms with Crippen molar-refractivity contribution >= 4 is 11.9 Å². The molecule has 0 bridgehead atoms. The van der Waals surface area contributed by atoms with E-state index in [9.17, 15) is 9.59 Å². The first-order valence-electron chi connectivity index (χ1n) is 5.50. The van der Waals surface area contributed by atoms with Crippen molar-refractivity contribution in [1.82, 2.24) is 0 Å². The van der Waals surface area contributed by atoms with Gasteiger partial charge in [-0.15, -0.1) is 0 Å². The summed E-state index contributed by atoms with van der Waals surface area (Å²) in [4.78, 5) is 22.1. The van der Waals surface area contributed by atoms with Crippen molar-refractivity contribution in [3.63, 3.8) is 0 Å². The highest BCUT2D eigenvalue weighted by molar-refractivity contribution is 5.81. The number of nitriles is 1. The number of hydrogen-bond donors (Lipinski definition) is 1. The molecule has 0 saturated heterocycles. The summed E-state index contributed by atoms with van der Waals surface area (Å²) in [6, 6.07) is 8.95. The van der Waals surface area contributed by atoms with Crippen LogP contribution in [0.5, 0.6) is 0 Å². The standard InChI is InChI=1S/C13H14N2O3/c1-9(13(15)17)18-12(16)7-6-10-2-4-11(8-14)5-3-10/h2-5,9H,6-7H2,1H3,(H2,15,17)/t9-/m1/s1. The van der Waals surface area contributed by atoms with Gasteiger partial charge in [0.05, 0.1) is 11.6 Å². The fourth-order valence-corrected chi connectivity index (χ4v) is 1.31. The average Bonchev–Trinajstić information content (AvgIpc) is 2.36. The molecule has 0 aliphatic carbocycles. The fourth-order valence-electron chi connectivity index (χ4n) is 1.31. The molecule has 0 unspecified atom stereocenters. The lowest BCUT2D eigenvalue weighted by atomic mass is 10.1. The lowest BCUT2D eigenvalue weighted by molar-refractivity contribution is -0.153. The lowest BCUT2D eigenvalue weighted by Crippen LogP contribution is -2.30. The molecule has 5 heteroatoms. The van der Waals surface area contributed by atoms with Gasteiger partial charge in [-0.3, -0.25) is 9.59 Å². The Morgan fingerprint density at radius 1 is 1.39 bits per heavy atom. The largest absolute Gasteiger partial charge is 0.453 e. The molecule has 1 atom stereocenters. The molecule has 0 heterocycles. The number of carbonyl (C=O) groups is 2. The maximum Gasteiger partial charge on any atom is 0.306 e. The van der Waals surface area contributed by atoms with Crippen molar-refractivity contribution < 1.29 is 14.3 Å². The minimum Gasteiger partial charge on any atom is -0.453 e. The second-order valence-electron chi connectivity index (χ2n) is 3.84. The summed E-state index contributed by atoms with van der Waals surface area (Å²) in [7, 11) is 0. The van der Waals surface area contributed by atoms with E-state index in [0.717, 1.165) is 5.56 Å². The van der Waals surface area contributed by atoms with Gasteiger partial charge in [0.25, 0.3) is 5.91 Å². The molecule has 1 aromatic rings. The molecule has 94 valence electrons. The van der Waals surface area contributed by atoms with Crippen molar-refractivity contribution in [2.75, 3.05) is 0 Å². The third-order valence-electron chi connectivity index (χ3n) is 2.41. The maximum absolute atomic E-state index is 11.4. The van der Waals surface area contributed by atoms with Crippen LogP contribution < -0.4 is 5.73 Å². The predicted molar refractivity (Wildman–Crippen MR) is 64.2 cm³/mol. The highest BCUT2D eigenvalue weighted by atomic mass is 16.5. The van der Waals surface area contributed by atoms with E-state index in [1.54, 1.807) is 24.3 Å². The molecule has 18 heavy (non-hydrogen) atoms. The molecule has 0 aliphatic rings. The molecule has 1 aromatic carbocycles. The molecule has 0 radical (unpaired) electrons. The van der Waals surface area contributed by atoms with E-state index in [2.05, 4.69) is 0 Å². The average molecular weight is 246 g/mol. The number of primary amides is 1. The van der Waals surface area contributed by atoms with E-state index in [-0.39, 0.29) is 6.42 Å². The van der Waals surface area contributed by atoms with E-state index >= 15 is 0 Å². The van der Waals surface area contributed by atoms with Gasteiger partial charge in [0.2, 0.25) is 0 Å². The number of aryl methyl sites for hydroxylation is 1. The minimum absolute atomic E-state index is 0.170. The molecule has 2 N–H and O–H groups in total. The third-order valence-corrected chi connectivity index (χ3v) is 2.41. The smallest absolute Gasteiger partial charge is 0.306 e. The predicted octanol–water partition coefficient (Wildman–Crippen LogP) is 0.908. The third kappa shape index (κ3) is 4.26. The first-order valence-corrected chi connectivity index (χ1v) is 5.50. The summed E-state index contributed by atoms with van der Waals surface area (Å²) in [5.74, 6) is -1.13. The van der Waals surface area contributed by atoms with Crippen LogP contribution in [0.3, 0.4) is 0 Å². The van der Waals surface area contributed by atoms with Crippen molar-refractivity contribution in [3.05, 3.63) is 35.4 Å². The Morgan fingerprint density at radius 2 is 2.00 bits per heavy atom. The summed E-state index contributed by atoms with van der Waals surface area (Å²) in [6.45, 7) is 1.43. The Bertz CT molecular complexity index is 474. The molecule has 0 aliphatic heterocycles. The number of nitrogens with two attached hydrogens (primary N) is 1. The first-order chi connectivity index (χ1) is 8.52. The summed E-state index contributed by atoms with van der Waals surface area (Å²) >= 11 is 0. The van der Waals surface area contributed by atoms with Crippen molar-refractivity contribution in [2.24, 2.45) is 5.73 Å². The van der Waals surface area contributed by atoms with Crippen LogP contribution in [0.25, 0.3) is 0 Å². The topological polar surface area (TPSA) is 93.2 Å². The van der Waals surface area contributed by atoms with Gasteiger partial charge in [-0.1, -0.05) is 12.1 Å². The van der Waals surface area contributed by atoms with E-state index in [1.807, 2.05) is 6.07 Å². The summed E-state index contributed by atoms with van der Waals surface area (Å²) < 4.78 is 4.81. The van der Waals surface area contributed by atoms with Gasteiger partial charge in [0, 0.05) is 6.42 Å². The molecular formula is C13H14N2O3. The quantitative estimate of drug-likeness (QED) is 0.781. The number of nitrogens with zero attached hydrogens (tertiary/aromatic N) is 1. The number of ether oxygens (including phenoxy) is 1. The van der Waals surface area contributed by atoms with Gasteiger partial charge in [-0.2, -0.15) is 5.26 Å². The molecule has 0 spiro atoms. The molecular weight excluding hydrogens is 232 g/mol. The van der Waals surface area contributed by atoms with Gasteiger partial charge in [0.1, 0.15) is 0 Å². The first kappa shape index (κ1) is 13.7. The number of rotatable bonds is 5. The molecule has 1 amide bonds.